The number of piperazine rings is 1. The van der Waals surface area contributed by atoms with Gasteiger partial charge in [-0.1, -0.05) is 35.9 Å². The highest BCUT2D eigenvalue weighted by Gasteiger charge is 2.26. The third kappa shape index (κ3) is 4.93. The maximum atomic E-state index is 13.0. The number of benzene rings is 2. The first-order chi connectivity index (χ1) is 12.5. The zero-order valence-electron chi connectivity index (χ0n) is 14.7. The summed E-state index contributed by atoms with van der Waals surface area (Å²) in [7, 11) is 0. The molecule has 1 aliphatic heterocycles. The van der Waals surface area contributed by atoms with Gasteiger partial charge in [-0.05, 0) is 48.4 Å². The first-order valence-corrected chi connectivity index (χ1v) is 9.10. The van der Waals surface area contributed by atoms with Gasteiger partial charge in [0.2, 0.25) is 5.91 Å². The summed E-state index contributed by atoms with van der Waals surface area (Å²) in [4.78, 5) is 16.7. The third-order valence-electron chi connectivity index (χ3n) is 4.58. The molecule has 1 unspecified atom stereocenters. The Morgan fingerprint density at radius 2 is 2.00 bits per heavy atom. The predicted molar refractivity (Wildman–Crippen MR) is 103 cm³/mol. The fraction of sp³-hybridized carbons (Fsp3) is 0.286. The van der Waals surface area contributed by atoms with Crippen LogP contribution in [-0.4, -0.2) is 41.4 Å². The van der Waals surface area contributed by atoms with E-state index in [1.807, 2.05) is 41.3 Å². The Hall–Kier alpha value is -2.17. The lowest BCUT2D eigenvalue weighted by atomic mass is 10.1. The monoisotopic (exact) mass is 372 g/mol. The van der Waals surface area contributed by atoms with Crippen molar-refractivity contribution in [2.24, 2.45) is 0 Å². The molecule has 2 aromatic rings. The zero-order chi connectivity index (χ0) is 18.5. The van der Waals surface area contributed by atoms with Crippen molar-refractivity contribution in [2.45, 2.75) is 19.5 Å². The second-order valence-corrected chi connectivity index (χ2v) is 7.07. The molecule has 1 amide bonds. The van der Waals surface area contributed by atoms with Gasteiger partial charge in [0, 0.05) is 43.3 Å². The van der Waals surface area contributed by atoms with E-state index < -0.39 is 0 Å². The van der Waals surface area contributed by atoms with Crippen LogP contribution in [0.25, 0.3) is 6.08 Å². The average molecular weight is 373 g/mol. The van der Waals surface area contributed by atoms with Crippen molar-refractivity contribution >= 4 is 23.6 Å². The second kappa shape index (κ2) is 8.47. The average Bonchev–Trinajstić information content (AvgIpc) is 2.62. The molecular formula is C21H22ClFN2O. The normalized spacial score (nSPS) is 18.4. The Morgan fingerprint density at radius 1 is 1.23 bits per heavy atom. The molecule has 0 N–H and O–H groups in total. The highest BCUT2D eigenvalue weighted by atomic mass is 35.5. The van der Waals surface area contributed by atoms with Gasteiger partial charge < -0.3 is 4.90 Å². The number of carbonyl (C=O) groups excluding carboxylic acids is 1. The summed E-state index contributed by atoms with van der Waals surface area (Å²) in [6.07, 6.45) is 3.41. The molecule has 0 radical (unpaired) electrons. The molecular weight excluding hydrogens is 351 g/mol. The molecule has 0 aliphatic carbocycles. The smallest absolute Gasteiger partial charge is 0.246 e. The van der Waals surface area contributed by atoms with Crippen LogP contribution < -0.4 is 0 Å². The molecule has 1 aliphatic rings. The molecule has 0 aromatic heterocycles. The van der Waals surface area contributed by atoms with Crippen LogP contribution in [0.15, 0.2) is 54.6 Å². The van der Waals surface area contributed by atoms with Gasteiger partial charge in [-0.2, -0.15) is 0 Å². The van der Waals surface area contributed by atoms with Crippen LogP contribution in [0, 0.1) is 5.82 Å². The van der Waals surface area contributed by atoms with Crippen LogP contribution in [0.1, 0.15) is 18.1 Å². The molecule has 3 nitrogen and oxygen atoms in total. The predicted octanol–water partition coefficient (Wildman–Crippen LogP) is 4.23. The van der Waals surface area contributed by atoms with Gasteiger partial charge in [-0.15, -0.1) is 0 Å². The second-order valence-electron chi connectivity index (χ2n) is 6.63. The van der Waals surface area contributed by atoms with Crippen molar-refractivity contribution in [3.05, 3.63) is 76.6 Å². The summed E-state index contributed by atoms with van der Waals surface area (Å²) in [5, 5.41) is 0.655. The van der Waals surface area contributed by atoms with Crippen LogP contribution in [0.5, 0.6) is 0 Å². The topological polar surface area (TPSA) is 23.6 Å². The largest absolute Gasteiger partial charge is 0.334 e. The molecule has 0 spiro atoms. The minimum Gasteiger partial charge on any atom is -0.334 e. The van der Waals surface area contributed by atoms with Gasteiger partial charge in [0.05, 0.1) is 0 Å². The molecule has 1 atom stereocenters. The quantitative estimate of drug-likeness (QED) is 0.750. The molecule has 0 saturated carbocycles. The Bertz CT molecular complexity index is 791. The van der Waals surface area contributed by atoms with E-state index in [1.165, 1.54) is 12.1 Å². The van der Waals surface area contributed by atoms with Crippen LogP contribution in [0.4, 0.5) is 4.39 Å². The van der Waals surface area contributed by atoms with Crippen LogP contribution in [0.2, 0.25) is 5.02 Å². The van der Waals surface area contributed by atoms with Crippen LogP contribution in [-0.2, 0) is 11.3 Å². The van der Waals surface area contributed by atoms with E-state index in [2.05, 4.69) is 11.8 Å². The summed E-state index contributed by atoms with van der Waals surface area (Å²) >= 11 is 5.97. The first kappa shape index (κ1) is 18.6. The van der Waals surface area contributed by atoms with E-state index >= 15 is 0 Å². The molecule has 1 fully saturated rings. The standard InChI is InChI=1S/C21H22ClFN2O/c1-16-14-24(15-18-5-8-20(23)9-6-18)11-12-25(16)21(26)10-7-17-3-2-4-19(22)13-17/h2-10,13,16H,11-12,14-15H2,1H3/b10-7+. The highest BCUT2D eigenvalue weighted by molar-refractivity contribution is 6.30. The Labute approximate surface area is 158 Å². The zero-order valence-corrected chi connectivity index (χ0v) is 15.5. The lowest BCUT2D eigenvalue weighted by Gasteiger charge is -2.39. The van der Waals surface area contributed by atoms with Crippen molar-refractivity contribution in [3.63, 3.8) is 0 Å². The van der Waals surface area contributed by atoms with E-state index in [4.69, 9.17) is 11.6 Å². The van der Waals surface area contributed by atoms with Crippen molar-refractivity contribution in [1.29, 1.82) is 0 Å². The Morgan fingerprint density at radius 3 is 2.69 bits per heavy atom. The fourth-order valence-corrected chi connectivity index (χ4v) is 3.42. The van der Waals surface area contributed by atoms with Gasteiger partial charge >= 0.3 is 0 Å². The van der Waals surface area contributed by atoms with Gasteiger partial charge in [0.25, 0.3) is 0 Å². The Balaban J connectivity index is 1.56. The van der Waals surface area contributed by atoms with E-state index in [0.717, 1.165) is 30.8 Å². The van der Waals surface area contributed by atoms with Crippen molar-refractivity contribution in [1.82, 2.24) is 9.80 Å². The molecule has 26 heavy (non-hydrogen) atoms. The van der Waals surface area contributed by atoms with E-state index in [9.17, 15) is 9.18 Å². The van der Waals surface area contributed by atoms with Crippen molar-refractivity contribution in [3.8, 4) is 0 Å². The molecule has 0 bridgehead atoms. The third-order valence-corrected chi connectivity index (χ3v) is 4.82. The number of rotatable bonds is 4. The first-order valence-electron chi connectivity index (χ1n) is 8.72. The molecule has 136 valence electrons. The minimum absolute atomic E-state index is 0.0129. The molecule has 1 heterocycles. The summed E-state index contributed by atoms with van der Waals surface area (Å²) in [6, 6.07) is 14.1. The van der Waals surface area contributed by atoms with Crippen molar-refractivity contribution in [2.75, 3.05) is 19.6 Å². The van der Waals surface area contributed by atoms with Gasteiger partial charge in [-0.25, -0.2) is 4.39 Å². The number of carbonyl (C=O) groups is 1. The number of hydrogen-bond donors (Lipinski definition) is 0. The summed E-state index contributed by atoms with van der Waals surface area (Å²) in [5.74, 6) is -0.206. The lowest BCUT2D eigenvalue weighted by molar-refractivity contribution is -0.130. The number of nitrogens with zero attached hydrogens (tertiary/aromatic N) is 2. The van der Waals surface area contributed by atoms with Gasteiger partial charge in [0.1, 0.15) is 5.82 Å². The minimum atomic E-state index is -0.218. The highest BCUT2D eigenvalue weighted by Crippen LogP contribution is 2.16. The van der Waals surface area contributed by atoms with Crippen LogP contribution in [0.3, 0.4) is 0 Å². The van der Waals surface area contributed by atoms with Crippen LogP contribution >= 0.6 is 11.6 Å². The fourth-order valence-electron chi connectivity index (χ4n) is 3.23. The van der Waals surface area contributed by atoms with E-state index in [1.54, 1.807) is 12.2 Å². The molecule has 2 aromatic carbocycles. The lowest BCUT2D eigenvalue weighted by Crippen LogP contribution is -2.53. The van der Waals surface area contributed by atoms with Gasteiger partial charge in [0.15, 0.2) is 0 Å². The SMILES string of the molecule is CC1CN(Cc2ccc(F)cc2)CCN1C(=O)/C=C/c1cccc(Cl)c1. The summed E-state index contributed by atoms with van der Waals surface area (Å²) in [6.45, 7) is 5.11. The van der Waals surface area contributed by atoms with E-state index in [0.29, 0.717) is 11.6 Å². The number of hydrogen-bond acceptors (Lipinski definition) is 2. The molecule has 1 saturated heterocycles. The summed E-state index contributed by atoms with van der Waals surface area (Å²) < 4.78 is 13.0. The summed E-state index contributed by atoms with van der Waals surface area (Å²) in [5.41, 5.74) is 1.99. The van der Waals surface area contributed by atoms with Crippen molar-refractivity contribution < 1.29 is 9.18 Å². The number of amides is 1. The maximum absolute atomic E-state index is 13.0. The van der Waals surface area contributed by atoms with Gasteiger partial charge in [-0.3, -0.25) is 9.69 Å². The number of halogens is 2. The Kier molecular flexibility index (Phi) is 6.07. The molecule has 5 heteroatoms. The molecule has 3 rings (SSSR count). The maximum Gasteiger partial charge on any atom is 0.246 e. The van der Waals surface area contributed by atoms with E-state index in [-0.39, 0.29) is 17.8 Å².